The fraction of sp³-hybridized carbons (Fsp3) is 0.364. The Morgan fingerprint density at radius 2 is 1.75 bits per heavy atom. The van der Waals surface area contributed by atoms with E-state index in [1.807, 2.05) is 74.5 Å². The minimum atomic E-state index is -1.35. The summed E-state index contributed by atoms with van der Waals surface area (Å²) in [5.41, 5.74) is 1.54. The Bertz CT molecular complexity index is 2610. The van der Waals surface area contributed by atoms with Gasteiger partial charge in [0.25, 0.3) is 0 Å². The normalized spacial score (nSPS) is 25.7. The van der Waals surface area contributed by atoms with E-state index in [0.29, 0.717) is 53.2 Å². The second-order valence-electron chi connectivity index (χ2n) is 16.1. The average Bonchev–Trinajstić information content (AvgIpc) is 3.85. The van der Waals surface area contributed by atoms with Gasteiger partial charge in [0.05, 0.1) is 28.0 Å². The molecule has 4 amide bonds. The number of rotatable bonds is 9. The van der Waals surface area contributed by atoms with E-state index in [4.69, 9.17) is 21.8 Å². The second kappa shape index (κ2) is 13.7. The standard InChI is InChI=1S/C44H41ClN4O7S/c1-22-29-19-24(45)13-17-33(29)57-39(22)32-21-34(47(3)46-32)49-41(54)31-20-30-26(15-16-27-36(30)42(55)48(40(27)53)18-8-4-5-11-35(50)51)37(44(31,2)43(49)56)28-14-12-23-9-6-7-10-25(23)38(28)52/h6-7,9-10,12-15,17,19,21,27,30-31,36-37,52H,4-5,8,11,16,18,20H2,1-3H3,(H,50,51). The number of carboxylic acid groups (broad SMARTS) is 1. The number of unbranched alkanes of at least 4 members (excludes halogenated alkanes) is 2. The number of aromatic hydroxyl groups is 1. The number of nitrogens with zero attached hydrogens (tertiary/aromatic N) is 4. The summed E-state index contributed by atoms with van der Waals surface area (Å²) in [5, 5.41) is 28.9. The molecular weight excluding hydrogens is 764 g/mol. The molecule has 3 aromatic carbocycles. The van der Waals surface area contributed by atoms with Gasteiger partial charge in [-0.3, -0.25) is 33.6 Å². The number of thiophene rings is 1. The third kappa shape index (κ3) is 5.58. The zero-order valence-electron chi connectivity index (χ0n) is 31.7. The highest BCUT2D eigenvalue weighted by atomic mass is 35.5. The first-order valence-electron chi connectivity index (χ1n) is 19.4. The molecule has 292 valence electrons. The summed E-state index contributed by atoms with van der Waals surface area (Å²) in [5.74, 6) is -5.44. The molecule has 13 heteroatoms. The summed E-state index contributed by atoms with van der Waals surface area (Å²) in [4.78, 5) is 72.8. The van der Waals surface area contributed by atoms with Crippen LogP contribution in [0.1, 0.15) is 62.5 Å². The van der Waals surface area contributed by atoms with Crippen molar-refractivity contribution in [2.75, 3.05) is 11.4 Å². The molecule has 2 aliphatic carbocycles. The van der Waals surface area contributed by atoms with Crippen molar-refractivity contribution >= 4 is 79.2 Å². The maximum Gasteiger partial charge on any atom is 0.303 e. The zero-order chi connectivity index (χ0) is 40.1. The number of phenols is 1. The lowest BCUT2D eigenvalue weighted by Crippen LogP contribution is -2.49. The number of anilines is 1. The lowest BCUT2D eigenvalue weighted by molar-refractivity contribution is -0.141. The summed E-state index contributed by atoms with van der Waals surface area (Å²) >= 11 is 7.88. The van der Waals surface area contributed by atoms with Gasteiger partial charge in [-0.25, -0.2) is 4.90 Å². The van der Waals surface area contributed by atoms with E-state index in [1.54, 1.807) is 29.1 Å². The SMILES string of the molecule is Cc1c(-c2cc(N3C(=O)C4CC5C(=CCC6C(=O)N(CCCCCC(=O)O)C(=O)C65)C(c5ccc6ccccc6c5O)C4(C)C3=O)n(C)n2)sc2ccc(Cl)cc12. The van der Waals surface area contributed by atoms with Crippen LogP contribution < -0.4 is 4.90 Å². The fourth-order valence-electron chi connectivity index (χ4n) is 10.3. The molecule has 4 heterocycles. The molecule has 6 unspecified atom stereocenters. The number of phenolic OH excluding ortho intramolecular Hbond substituents is 1. The van der Waals surface area contributed by atoms with Crippen LogP contribution in [-0.2, 0) is 31.0 Å². The third-order valence-corrected chi connectivity index (χ3v) is 14.6. The van der Waals surface area contributed by atoms with Crippen LogP contribution in [0.2, 0.25) is 5.02 Å². The van der Waals surface area contributed by atoms with E-state index in [9.17, 15) is 24.3 Å². The Morgan fingerprint density at radius 3 is 2.54 bits per heavy atom. The van der Waals surface area contributed by atoms with Crippen molar-refractivity contribution in [2.45, 2.75) is 58.3 Å². The van der Waals surface area contributed by atoms with E-state index in [0.717, 1.165) is 31.5 Å². The van der Waals surface area contributed by atoms with Gasteiger partial charge < -0.3 is 10.2 Å². The largest absolute Gasteiger partial charge is 0.507 e. The van der Waals surface area contributed by atoms with Gasteiger partial charge in [0.1, 0.15) is 17.3 Å². The van der Waals surface area contributed by atoms with Crippen LogP contribution in [-0.4, -0.2) is 61.0 Å². The number of benzene rings is 3. The number of carboxylic acids is 1. The molecule has 2 aliphatic heterocycles. The van der Waals surface area contributed by atoms with Gasteiger partial charge >= 0.3 is 5.97 Å². The first kappa shape index (κ1) is 37.3. The van der Waals surface area contributed by atoms with Gasteiger partial charge in [0.2, 0.25) is 23.6 Å². The number of imide groups is 2. The van der Waals surface area contributed by atoms with Gasteiger partial charge in [0.15, 0.2) is 0 Å². The van der Waals surface area contributed by atoms with Crippen molar-refractivity contribution in [3.8, 4) is 16.3 Å². The summed E-state index contributed by atoms with van der Waals surface area (Å²) in [6, 6.07) is 18.7. The lowest BCUT2D eigenvalue weighted by Gasteiger charge is -2.49. The molecule has 9 rings (SSSR count). The van der Waals surface area contributed by atoms with Crippen LogP contribution in [0, 0.1) is 36.0 Å². The van der Waals surface area contributed by atoms with Crippen LogP contribution >= 0.6 is 22.9 Å². The number of amides is 4. The lowest BCUT2D eigenvalue weighted by atomic mass is 9.51. The van der Waals surface area contributed by atoms with Gasteiger partial charge in [-0.05, 0) is 80.0 Å². The van der Waals surface area contributed by atoms with Crippen molar-refractivity contribution in [1.29, 1.82) is 0 Å². The first-order chi connectivity index (χ1) is 27.3. The quantitative estimate of drug-likeness (QED) is 0.0865. The van der Waals surface area contributed by atoms with Gasteiger partial charge in [0, 0.05) is 52.7 Å². The number of allylic oxidation sites excluding steroid dienone is 2. The molecule has 1 saturated carbocycles. The molecule has 5 aromatic rings. The monoisotopic (exact) mass is 804 g/mol. The molecule has 0 radical (unpaired) electrons. The minimum Gasteiger partial charge on any atom is -0.507 e. The van der Waals surface area contributed by atoms with Crippen LogP contribution in [0.3, 0.4) is 0 Å². The van der Waals surface area contributed by atoms with Crippen LogP contribution in [0.25, 0.3) is 31.4 Å². The number of fused-ring (bicyclic) bond motifs is 6. The van der Waals surface area contributed by atoms with Gasteiger partial charge in [-0.15, -0.1) is 11.3 Å². The van der Waals surface area contributed by atoms with E-state index < -0.39 is 52.8 Å². The third-order valence-electron chi connectivity index (χ3n) is 13.1. The minimum absolute atomic E-state index is 0.0143. The predicted octanol–water partition coefficient (Wildman–Crippen LogP) is 8.00. The number of carbonyl (C=O) groups excluding carboxylic acids is 4. The summed E-state index contributed by atoms with van der Waals surface area (Å²) in [6.07, 6.45) is 3.98. The highest BCUT2D eigenvalue weighted by molar-refractivity contribution is 7.22. The topological polar surface area (TPSA) is 150 Å². The van der Waals surface area contributed by atoms with Crippen molar-refractivity contribution in [1.82, 2.24) is 14.7 Å². The molecule has 0 spiro atoms. The maximum atomic E-state index is 15.2. The maximum absolute atomic E-state index is 15.2. The van der Waals surface area contributed by atoms with Crippen molar-refractivity contribution in [2.24, 2.45) is 36.1 Å². The van der Waals surface area contributed by atoms with Gasteiger partial charge in [-0.1, -0.05) is 66.1 Å². The molecule has 0 bridgehead atoms. The Hall–Kier alpha value is -5.33. The molecule has 57 heavy (non-hydrogen) atoms. The van der Waals surface area contributed by atoms with Gasteiger partial charge in [-0.2, -0.15) is 5.10 Å². The first-order valence-corrected chi connectivity index (χ1v) is 20.6. The number of aryl methyl sites for hydroxylation is 2. The number of aromatic nitrogens is 2. The Kier molecular flexibility index (Phi) is 8.93. The average molecular weight is 805 g/mol. The molecule has 4 aliphatic rings. The molecule has 6 atom stereocenters. The van der Waals surface area contributed by atoms with Crippen LogP contribution in [0.4, 0.5) is 5.82 Å². The Morgan fingerprint density at radius 1 is 0.965 bits per heavy atom. The number of aliphatic carboxylic acids is 1. The molecule has 2 saturated heterocycles. The fourth-order valence-corrected chi connectivity index (χ4v) is 11.6. The number of hydrogen-bond donors (Lipinski definition) is 2. The summed E-state index contributed by atoms with van der Waals surface area (Å²) < 4.78 is 2.59. The number of hydrogen-bond acceptors (Lipinski definition) is 8. The van der Waals surface area contributed by atoms with Crippen molar-refractivity contribution in [3.63, 3.8) is 0 Å². The molecular formula is C44H41ClN4O7S. The Labute approximate surface area is 337 Å². The number of likely N-dealkylation sites (tertiary alicyclic amines) is 1. The highest BCUT2D eigenvalue weighted by Gasteiger charge is 2.68. The van der Waals surface area contributed by atoms with E-state index >= 15 is 4.79 Å². The van der Waals surface area contributed by atoms with E-state index in [1.165, 1.54) is 9.80 Å². The number of halogens is 1. The zero-order valence-corrected chi connectivity index (χ0v) is 33.3. The molecule has 2 N–H and O–H groups in total. The van der Waals surface area contributed by atoms with Crippen LogP contribution in [0.5, 0.6) is 5.75 Å². The van der Waals surface area contributed by atoms with E-state index in [2.05, 4.69) is 0 Å². The molecule has 11 nitrogen and oxygen atoms in total. The van der Waals surface area contributed by atoms with Crippen LogP contribution in [0.15, 0.2) is 72.3 Å². The summed E-state index contributed by atoms with van der Waals surface area (Å²) in [6.45, 7) is 4.00. The Balaban J connectivity index is 1.12. The van der Waals surface area contributed by atoms with Crippen molar-refractivity contribution < 1.29 is 34.2 Å². The smallest absolute Gasteiger partial charge is 0.303 e. The van der Waals surface area contributed by atoms with Crippen molar-refractivity contribution in [3.05, 3.63) is 88.5 Å². The second-order valence-corrected chi connectivity index (χ2v) is 17.6. The molecule has 3 fully saturated rings. The van der Waals surface area contributed by atoms with E-state index in [-0.39, 0.29) is 37.0 Å². The highest BCUT2D eigenvalue weighted by Crippen LogP contribution is 2.64. The predicted molar refractivity (Wildman–Crippen MR) is 217 cm³/mol. The number of carbonyl (C=O) groups is 5. The molecule has 2 aromatic heterocycles. The summed E-state index contributed by atoms with van der Waals surface area (Å²) in [7, 11) is 1.71.